The lowest BCUT2D eigenvalue weighted by atomic mass is 9.97. The number of anilines is 1. The monoisotopic (exact) mass is 551 g/mol. The average Bonchev–Trinajstić information content (AvgIpc) is 3.05. The number of hydrogen-bond donors (Lipinski definition) is 1. The van der Waals surface area contributed by atoms with Gasteiger partial charge in [-0.1, -0.05) is 15.9 Å². The van der Waals surface area contributed by atoms with E-state index in [0.29, 0.717) is 46.8 Å². The molecule has 1 saturated heterocycles. The first kappa shape index (κ1) is 25.2. The number of aryl methyl sites for hydroxylation is 1. The second kappa shape index (κ2) is 9.60. The van der Waals surface area contributed by atoms with Crippen molar-refractivity contribution in [3.8, 4) is 0 Å². The van der Waals surface area contributed by atoms with E-state index in [9.17, 15) is 22.8 Å². The molecule has 35 heavy (non-hydrogen) atoms. The first-order valence-electron chi connectivity index (χ1n) is 11.2. The van der Waals surface area contributed by atoms with Gasteiger partial charge in [-0.2, -0.15) is 18.3 Å². The van der Waals surface area contributed by atoms with Crippen LogP contribution in [-0.4, -0.2) is 44.6 Å². The van der Waals surface area contributed by atoms with Gasteiger partial charge in [0.2, 0.25) is 5.91 Å². The van der Waals surface area contributed by atoms with Crippen LogP contribution in [0, 0.1) is 19.8 Å². The molecule has 3 heterocycles. The number of carbonyl (C=O) groups excluding carboxylic acids is 2. The second-order valence-corrected chi connectivity index (χ2v) is 9.76. The molecule has 3 aromatic rings. The van der Waals surface area contributed by atoms with Gasteiger partial charge in [0.25, 0.3) is 5.91 Å². The molecule has 186 valence electrons. The van der Waals surface area contributed by atoms with Gasteiger partial charge in [-0.3, -0.25) is 14.3 Å². The lowest BCUT2D eigenvalue weighted by Crippen LogP contribution is -2.38. The topological polar surface area (TPSA) is 80.1 Å². The zero-order valence-corrected chi connectivity index (χ0v) is 21.1. The van der Waals surface area contributed by atoms with Gasteiger partial charge in [-0.05, 0) is 56.9 Å². The number of piperidine rings is 1. The van der Waals surface area contributed by atoms with E-state index >= 15 is 0 Å². The van der Waals surface area contributed by atoms with Gasteiger partial charge >= 0.3 is 6.18 Å². The molecule has 0 atom stereocenters. The lowest BCUT2D eigenvalue weighted by molar-refractivity contribution is -0.141. The van der Waals surface area contributed by atoms with E-state index in [1.54, 1.807) is 26.0 Å². The van der Waals surface area contributed by atoms with Crippen LogP contribution in [0.2, 0.25) is 0 Å². The molecule has 7 nitrogen and oxygen atoms in total. The third-order valence-corrected chi connectivity index (χ3v) is 6.91. The predicted molar refractivity (Wildman–Crippen MR) is 129 cm³/mol. The van der Waals surface area contributed by atoms with Crippen molar-refractivity contribution >= 4 is 44.3 Å². The maximum Gasteiger partial charge on any atom is 0.433 e. The molecule has 11 heteroatoms. The maximum absolute atomic E-state index is 13.4. The smallest absolute Gasteiger partial charge is 0.343 e. The van der Waals surface area contributed by atoms with Crippen LogP contribution in [0.4, 0.5) is 18.9 Å². The van der Waals surface area contributed by atoms with E-state index in [4.69, 9.17) is 0 Å². The van der Waals surface area contributed by atoms with Crippen LogP contribution in [0.25, 0.3) is 10.9 Å². The van der Waals surface area contributed by atoms with E-state index < -0.39 is 17.8 Å². The zero-order valence-electron chi connectivity index (χ0n) is 19.5. The highest BCUT2D eigenvalue weighted by molar-refractivity contribution is 9.10. The van der Waals surface area contributed by atoms with Crippen molar-refractivity contribution in [2.24, 2.45) is 5.92 Å². The van der Waals surface area contributed by atoms with Gasteiger partial charge in [0.05, 0.1) is 28.2 Å². The summed E-state index contributed by atoms with van der Waals surface area (Å²) < 4.78 is 42.8. The molecule has 1 aliphatic rings. The summed E-state index contributed by atoms with van der Waals surface area (Å²) in [5, 5.41) is 7.65. The Morgan fingerprint density at radius 1 is 1.17 bits per heavy atom. The van der Waals surface area contributed by atoms with E-state index in [1.165, 1.54) is 6.07 Å². The number of carbonyl (C=O) groups is 2. The summed E-state index contributed by atoms with van der Waals surface area (Å²) in [6.07, 6.45) is -2.97. The number of amides is 2. The van der Waals surface area contributed by atoms with Crippen LogP contribution in [0.3, 0.4) is 0 Å². The van der Waals surface area contributed by atoms with Crippen LogP contribution in [0.5, 0.6) is 0 Å². The third-order valence-electron chi connectivity index (χ3n) is 6.42. The minimum Gasteiger partial charge on any atom is -0.343 e. The van der Waals surface area contributed by atoms with Crippen molar-refractivity contribution < 1.29 is 22.8 Å². The van der Waals surface area contributed by atoms with Gasteiger partial charge in [-0.25, -0.2) is 4.98 Å². The Morgan fingerprint density at radius 2 is 1.86 bits per heavy atom. The Kier molecular flexibility index (Phi) is 6.90. The van der Waals surface area contributed by atoms with Crippen molar-refractivity contribution in [3.63, 3.8) is 0 Å². The third kappa shape index (κ3) is 5.34. The predicted octanol–water partition coefficient (Wildman–Crippen LogP) is 5.34. The minimum absolute atomic E-state index is 0.0731. The van der Waals surface area contributed by atoms with Crippen LogP contribution < -0.4 is 5.32 Å². The van der Waals surface area contributed by atoms with Crippen LogP contribution in [-0.2, 0) is 17.5 Å². The normalized spacial score (nSPS) is 15.0. The zero-order chi connectivity index (χ0) is 25.5. The molecule has 4 rings (SSSR count). The minimum atomic E-state index is -4.69. The van der Waals surface area contributed by atoms with Gasteiger partial charge < -0.3 is 10.2 Å². The fraction of sp³-hybridized carbons (Fsp3) is 0.417. The first-order chi connectivity index (χ1) is 16.4. The quantitative estimate of drug-likeness (QED) is 0.474. The van der Waals surface area contributed by atoms with Crippen molar-refractivity contribution in [2.45, 2.75) is 46.3 Å². The van der Waals surface area contributed by atoms with Crippen molar-refractivity contribution in [3.05, 3.63) is 51.4 Å². The molecular formula is C24H25BrF3N5O2. The summed E-state index contributed by atoms with van der Waals surface area (Å²) in [4.78, 5) is 30.3. The first-order valence-corrected chi connectivity index (χ1v) is 12.0. The van der Waals surface area contributed by atoms with Crippen molar-refractivity contribution in [2.75, 3.05) is 18.4 Å². The molecule has 0 spiro atoms. The number of pyridine rings is 1. The van der Waals surface area contributed by atoms with Crippen LogP contribution in [0.1, 0.15) is 47.2 Å². The lowest BCUT2D eigenvalue weighted by Gasteiger charge is -2.31. The second-order valence-electron chi connectivity index (χ2n) is 8.85. The summed E-state index contributed by atoms with van der Waals surface area (Å²) in [5.74, 6) is -0.256. The Hall–Kier alpha value is -2.95. The number of fused-ring (bicyclic) bond motifs is 1. The number of rotatable bonds is 4. The Labute approximate surface area is 208 Å². The highest BCUT2D eigenvalue weighted by Gasteiger charge is 2.34. The maximum atomic E-state index is 13.4. The van der Waals surface area contributed by atoms with Crippen LogP contribution in [0.15, 0.2) is 28.7 Å². The van der Waals surface area contributed by atoms with Crippen LogP contribution >= 0.6 is 15.9 Å². The Bertz CT molecular complexity index is 1300. The van der Waals surface area contributed by atoms with Crippen molar-refractivity contribution in [1.82, 2.24) is 19.7 Å². The molecule has 0 aliphatic carbocycles. The average molecular weight is 552 g/mol. The SMILES string of the molecule is CC(=O)N1CCC(Cn2nc(C)c(NC(=O)c3cc(C(F)(F)F)nc4ccc(Br)cc34)c2C)CC1. The van der Waals surface area contributed by atoms with Gasteiger partial charge in [0.15, 0.2) is 0 Å². The van der Waals surface area contributed by atoms with E-state index in [0.717, 1.165) is 24.6 Å². The molecule has 2 aromatic heterocycles. The summed E-state index contributed by atoms with van der Waals surface area (Å²) >= 11 is 3.31. The van der Waals surface area contributed by atoms with Gasteiger partial charge in [0.1, 0.15) is 5.69 Å². The summed E-state index contributed by atoms with van der Waals surface area (Å²) in [7, 11) is 0. The number of alkyl halides is 3. The molecule has 0 saturated carbocycles. The number of hydrogen-bond acceptors (Lipinski definition) is 4. The van der Waals surface area contributed by atoms with E-state index in [1.807, 2.05) is 16.5 Å². The number of aromatic nitrogens is 3. The fourth-order valence-electron chi connectivity index (χ4n) is 4.44. The number of halogens is 4. The largest absolute Gasteiger partial charge is 0.433 e. The number of nitrogens with one attached hydrogen (secondary N) is 1. The van der Waals surface area contributed by atoms with Gasteiger partial charge in [-0.15, -0.1) is 0 Å². The molecule has 1 aromatic carbocycles. The van der Waals surface area contributed by atoms with Crippen molar-refractivity contribution in [1.29, 1.82) is 0 Å². The number of nitrogens with zero attached hydrogens (tertiary/aromatic N) is 4. The van der Waals surface area contributed by atoms with E-state index in [2.05, 4.69) is 31.3 Å². The molecule has 1 fully saturated rings. The summed E-state index contributed by atoms with van der Waals surface area (Å²) in [5.41, 5.74) is 0.609. The summed E-state index contributed by atoms with van der Waals surface area (Å²) in [6.45, 7) is 7.18. The summed E-state index contributed by atoms with van der Waals surface area (Å²) in [6, 6.07) is 5.38. The standard InChI is InChI=1S/C24H25BrF3N5O2/c1-13-22(14(2)33(31-13)12-16-6-8-32(9-7-16)15(3)34)30-23(35)19-11-21(24(26,27)28)29-20-5-4-17(25)10-18(19)20/h4-5,10-11,16H,6-9,12H2,1-3H3,(H,30,35). The molecule has 0 radical (unpaired) electrons. The highest BCUT2D eigenvalue weighted by Crippen LogP contribution is 2.33. The molecule has 2 amide bonds. The Balaban J connectivity index is 1.60. The van der Waals surface area contributed by atoms with E-state index in [-0.39, 0.29) is 17.0 Å². The molecule has 0 bridgehead atoms. The molecular weight excluding hydrogens is 527 g/mol. The molecule has 0 unspecified atom stereocenters. The molecule has 1 aliphatic heterocycles. The number of benzene rings is 1. The fourth-order valence-corrected chi connectivity index (χ4v) is 4.80. The molecule has 1 N–H and O–H groups in total. The highest BCUT2D eigenvalue weighted by atomic mass is 79.9. The van der Waals surface area contributed by atoms with Gasteiger partial charge in [0, 0.05) is 36.4 Å². The number of likely N-dealkylation sites (tertiary alicyclic amines) is 1. The Morgan fingerprint density at radius 3 is 2.49 bits per heavy atom.